The van der Waals surface area contributed by atoms with Gasteiger partial charge in [-0.25, -0.2) is 4.98 Å². The summed E-state index contributed by atoms with van der Waals surface area (Å²) in [5, 5.41) is 7.72. The summed E-state index contributed by atoms with van der Waals surface area (Å²) in [4.78, 5) is 17.7. The molecule has 0 unspecified atom stereocenters. The maximum absolute atomic E-state index is 13.1. The molecule has 27 heavy (non-hydrogen) atoms. The van der Waals surface area contributed by atoms with Crippen LogP contribution < -0.4 is 15.8 Å². The number of nitrogen functional groups attached to an aromatic ring is 1. The Kier molecular flexibility index (Phi) is 4.43. The molecule has 0 radical (unpaired) electrons. The van der Waals surface area contributed by atoms with Gasteiger partial charge in [0.25, 0.3) is 11.6 Å². The van der Waals surface area contributed by atoms with Crippen molar-refractivity contribution >= 4 is 28.4 Å². The Bertz CT molecular complexity index is 1010. The molecule has 1 fully saturated rings. The molecule has 1 aliphatic carbocycles. The SMILES string of the molecule is CCCc1noc2nc(C3CC3)cc(C(=O)Nc3cc(OC)ccc3N)c12. The molecule has 7 nitrogen and oxygen atoms in total. The molecule has 3 aromatic rings. The Balaban J connectivity index is 1.77. The van der Waals surface area contributed by atoms with E-state index >= 15 is 0 Å². The number of methoxy groups -OCH3 is 1. The number of benzene rings is 1. The second-order valence-electron chi connectivity index (χ2n) is 6.84. The van der Waals surface area contributed by atoms with Crippen molar-refractivity contribution in [2.24, 2.45) is 0 Å². The summed E-state index contributed by atoms with van der Waals surface area (Å²) < 4.78 is 10.7. The van der Waals surface area contributed by atoms with Crippen LogP contribution in [-0.4, -0.2) is 23.2 Å². The summed E-state index contributed by atoms with van der Waals surface area (Å²) >= 11 is 0. The standard InChI is InChI=1S/C20H22N4O3/c1-3-4-15-18-13(10-16(11-5-6-11)23-20(18)27-24-15)19(25)22-17-9-12(26-2)7-8-14(17)21/h7-11H,3-6,21H2,1-2H3,(H,22,25). The molecule has 1 saturated carbocycles. The zero-order valence-corrected chi connectivity index (χ0v) is 15.4. The Morgan fingerprint density at radius 3 is 2.89 bits per heavy atom. The van der Waals surface area contributed by atoms with E-state index in [1.165, 1.54) is 0 Å². The van der Waals surface area contributed by atoms with Gasteiger partial charge in [0.15, 0.2) is 0 Å². The lowest BCUT2D eigenvalue weighted by Crippen LogP contribution is -2.15. The highest BCUT2D eigenvalue weighted by Crippen LogP contribution is 2.40. The first-order chi connectivity index (χ1) is 13.1. The molecular weight excluding hydrogens is 344 g/mol. The minimum absolute atomic E-state index is 0.259. The number of aryl methyl sites for hydroxylation is 1. The Morgan fingerprint density at radius 2 is 2.19 bits per heavy atom. The van der Waals surface area contributed by atoms with Gasteiger partial charge in [-0.1, -0.05) is 18.5 Å². The zero-order chi connectivity index (χ0) is 19.0. The summed E-state index contributed by atoms with van der Waals surface area (Å²) in [7, 11) is 1.57. The number of pyridine rings is 1. The Labute approximate surface area is 156 Å². The van der Waals surface area contributed by atoms with E-state index in [1.54, 1.807) is 25.3 Å². The second-order valence-corrected chi connectivity index (χ2v) is 6.84. The van der Waals surface area contributed by atoms with Gasteiger partial charge in [-0.15, -0.1) is 0 Å². The summed E-state index contributed by atoms with van der Waals surface area (Å²) in [5.41, 5.74) is 9.57. The summed E-state index contributed by atoms with van der Waals surface area (Å²) in [6.07, 6.45) is 3.78. The smallest absolute Gasteiger partial charge is 0.259 e. The van der Waals surface area contributed by atoms with Crippen molar-refractivity contribution in [1.29, 1.82) is 0 Å². The molecule has 3 N–H and O–H groups in total. The van der Waals surface area contributed by atoms with Gasteiger partial charge in [-0.3, -0.25) is 4.79 Å². The number of carbonyl (C=O) groups excluding carboxylic acids is 1. The van der Waals surface area contributed by atoms with E-state index in [-0.39, 0.29) is 5.91 Å². The molecule has 0 saturated heterocycles. The molecular formula is C20H22N4O3. The third-order valence-electron chi connectivity index (χ3n) is 4.77. The average Bonchev–Trinajstić information content (AvgIpc) is 3.45. The summed E-state index contributed by atoms with van der Waals surface area (Å²) in [6.45, 7) is 2.06. The monoisotopic (exact) mass is 366 g/mol. The number of hydrogen-bond acceptors (Lipinski definition) is 6. The average molecular weight is 366 g/mol. The molecule has 1 aliphatic rings. The molecule has 4 rings (SSSR count). The van der Waals surface area contributed by atoms with Gasteiger partial charge < -0.3 is 20.3 Å². The molecule has 0 bridgehead atoms. The summed E-state index contributed by atoms with van der Waals surface area (Å²) in [6, 6.07) is 7.02. The minimum atomic E-state index is -0.259. The quantitative estimate of drug-likeness (QED) is 0.641. The molecule has 1 amide bonds. The van der Waals surface area contributed by atoms with Crippen LogP contribution in [0.4, 0.5) is 11.4 Å². The topological polar surface area (TPSA) is 103 Å². The fourth-order valence-corrected chi connectivity index (χ4v) is 3.16. The first-order valence-corrected chi connectivity index (χ1v) is 9.14. The predicted octanol–water partition coefficient (Wildman–Crippen LogP) is 3.90. The van der Waals surface area contributed by atoms with E-state index in [0.717, 1.165) is 37.1 Å². The third kappa shape index (κ3) is 3.32. The number of anilines is 2. The maximum atomic E-state index is 13.1. The largest absolute Gasteiger partial charge is 0.497 e. The molecule has 0 spiro atoms. The zero-order valence-electron chi connectivity index (χ0n) is 15.4. The van der Waals surface area contributed by atoms with Crippen LogP contribution in [0.15, 0.2) is 28.8 Å². The fourth-order valence-electron chi connectivity index (χ4n) is 3.16. The van der Waals surface area contributed by atoms with Crippen LogP contribution in [0.5, 0.6) is 5.75 Å². The number of fused-ring (bicyclic) bond motifs is 1. The van der Waals surface area contributed by atoms with Gasteiger partial charge in [0, 0.05) is 17.7 Å². The molecule has 1 aromatic carbocycles. The lowest BCUT2D eigenvalue weighted by atomic mass is 10.0. The van der Waals surface area contributed by atoms with Gasteiger partial charge in [-0.2, -0.15) is 0 Å². The Hall–Kier alpha value is -3.09. The van der Waals surface area contributed by atoms with E-state index in [0.29, 0.717) is 39.7 Å². The van der Waals surface area contributed by atoms with Gasteiger partial charge >= 0.3 is 0 Å². The maximum Gasteiger partial charge on any atom is 0.259 e. The van der Waals surface area contributed by atoms with E-state index in [1.807, 2.05) is 6.07 Å². The highest BCUT2D eigenvalue weighted by atomic mass is 16.5. The number of ether oxygens (including phenoxy) is 1. The number of nitrogens with two attached hydrogens (primary N) is 1. The molecule has 2 aromatic heterocycles. The van der Waals surface area contributed by atoms with E-state index < -0.39 is 0 Å². The molecule has 2 heterocycles. The molecule has 0 aliphatic heterocycles. The van der Waals surface area contributed by atoms with E-state index in [2.05, 4.69) is 22.4 Å². The van der Waals surface area contributed by atoms with Gasteiger partial charge in [0.05, 0.1) is 35.1 Å². The molecule has 0 atom stereocenters. The predicted molar refractivity (Wildman–Crippen MR) is 103 cm³/mol. The highest BCUT2D eigenvalue weighted by Gasteiger charge is 2.29. The minimum Gasteiger partial charge on any atom is -0.497 e. The van der Waals surface area contributed by atoms with Crippen LogP contribution in [0.2, 0.25) is 0 Å². The number of carbonyl (C=O) groups is 1. The number of aromatic nitrogens is 2. The molecule has 140 valence electrons. The number of nitrogens with one attached hydrogen (secondary N) is 1. The van der Waals surface area contributed by atoms with E-state index in [4.69, 9.17) is 15.0 Å². The first kappa shape index (κ1) is 17.3. The van der Waals surface area contributed by atoms with Crippen LogP contribution in [0, 0.1) is 0 Å². The van der Waals surface area contributed by atoms with Crippen molar-refractivity contribution < 1.29 is 14.1 Å². The molecule has 7 heteroatoms. The summed E-state index contributed by atoms with van der Waals surface area (Å²) in [5.74, 6) is 0.752. The Morgan fingerprint density at radius 1 is 1.37 bits per heavy atom. The van der Waals surface area contributed by atoms with Gasteiger partial charge in [-0.05, 0) is 37.5 Å². The van der Waals surface area contributed by atoms with Crippen molar-refractivity contribution in [3.63, 3.8) is 0 Å². The fraction of sp³-hybridized carbons (Fsp3) is 0.350. The van der Waals surface area contributed by atoms with Crippen molar-refractivity contribution in [1.82, 2.24) is 10.1 Å². The van der Waals surface area contributed by atoms with Gasteiger partial charge in [0.1, 0.15) is 5.75 Å². The lowest BCUT2D eigenvalue weighted by Gasteiger charge is -2.11. The number of amides is 1. The third-order valence-corrected chi connectivity index (χ3v) is 4.77. The van der Waals surface area contributed by atoms with Crippen LogP contribution in [0.1, 0.15) is 53.8 Å². The van der Waals surface area contributed by atoms with Crippen molar-refractivity contribution in [2.75, 3.05) is 18.2 Å². The van der Waals surface area contributed by atoms with Crippen LogP contribution in [0.3, 0.4) is 0 Å². The second kappa shape index (κ2) is 6.90. The van der Waals surface area contributed by atoms with E-state index in [9.17, 15) is 4.79 Å². The van der Waals surface area contributed by atoms with Gasteiger partial charge in [0.2, 0.25) is 0 Å². The van der Waals surface area contributed by atoms with Crippen LogP contribution in [0.25, 0.3) is 11.1 Å². The lowest BCUT2D eigenvalue weighted by molar-refractivity contribution is 0.102. The number of rotatable bonds is 6. The van der Waals surface area contributed by atoms with Crippen LogP contribution >= 0.6 is 0 Å². The van der Waals surface area contributed by atoms with Crippen molar-refractivity contribution in [3.05, 3.63) is 41.2 Å². The normalized spacial score (nSPS) is 13.7. The first-order valence-electron chi connectivity index (χ1n) is 9.14. The van der Waals surface area contributed by atoms with Crippen molar-refractivity contribution in [2.45, 2.75) is 38.5 Å². The highest BCUT2D eigenvalue weighted by molar-refractivity contribution is 6.13. The number of nitrogens with zero attached hydrogens (tertiary/aromatic N) is 2. The number of hydrogen-bond donors (Lipinski definition) is 2. The van der Waals surface area contributed by atoms with Crippen molar-refractivity contribution in [3.8, 4) is 5.75 Å². The van der Waals surface area contributed by atoms with Crippen LogP contribution in [-0.2, 0) is 6.42 Å².